The highest BCUT2D eigenvalue weighted by Crippen LogP contribution is 2.28. The van der Waals surface area contributed by atoms with Crippen molar-refractivity contribution in [2.24, 2.45) is 5.92 Å². The third-order valence-electron chi connectivity index (χ3n) is 6.48. The summed E-state index contributed by atoms with van der Waals surface area (Å²) in [6.45, 7) is 2.09. The fraction of sp³-hybridized carbons (Fsp3) is 0.241. The molecule has 2 aromatic heterocycles. The van der Waals surface area contributed by atoms with Crippen molar-refractivity contribution in [1.29, 1.82) is 0 Å². The van der Waals surface area contributed by atoms with E-state index in [4.69, 9.17) is 4.98 Å². The lowest BCUT2D eigenvalue weighted by Gasteiger charge is -2.34. The van der Waals surface area contributed by atoms with Crippen molar-refractivity contribution in [3.05, 3.63) is 108 Å². The summed E-state index contributed by atoms with van der Waals surface area (Å²) >= 11 is 0. The molecule has 1 saturated heterocycles. The van der Waals surface area contributed by atoms with E-state index in [2.05, 4.69) is 50.5 Å². The predicted octanol–water partition coefficient (Wildman–Crippen LogP) is 4.93. The second-order valence-corrected chi connectivity index (χ2v) is 8.92. The minimum atomic E-state index is -0.184. The van der Waals surface area contributed by atoms with E-state index in [9.17, 15) is 4.79 Å². The lowest BCUT2D eigenvalue weighted by molar-refractivity contribution is 0.0950. The lowest BCUT2D eigenvalue weighted by atomic mass is 9.90. The zero-order chi connectivity index (χ0) is 23.9. The number of carbonyl (C=O) groups excluding carboxylic acids is 1. The molecule has 0 saturated carbocycles. The van der Waals surface area contributed by atoms with Crippen LogP contribution in [-0.2, 0) is 13.0 Å². The SMILES string of the molecule is O=C(NCc1ccccn1)c1cnc(-c2ccccc2)nc1N1CCC(Cc2ccccc2)CC1. The molecule has 35 heavy (non-hydrogen) atoms. The number of pyridine rings is 1. The Morgan fingerprint density at radius 1 is 0.886 bits per heavy atom. The van der Waals surface area contributed by atoms with Crippen molar-refractivity contribution in [3.8, 4) is 11.4 Å². The summed E-state index contributed by atoms with van der Waals surface area (Å²) in [5, 5.41) is 2.99. The minimum Gasteiger partial charge on any atom is -0.356 e. The molecule has 176 valence electrons. The van der Waals surface area contributed by atoms with Crippen LogP contribution in [0.25, 0.3) is 11.4 Å². The summed E-state index contributed by atoms with van der Waals surface area (Å²) in [6.07, 6.45) is 6.60. The minimum absolute atomic E-state index is 0.184. The number of rotatable bonds is 7. The number of anilines is 1. The van der Waals surface area contributed by atoms with Crippen LogP contribution < -0.4 is 10.2 Å². The number of hydrogen-bond acceptors (Lipinski definition) is 5. The first-order chi connectivity index (χ1) is 17.3. The van der Waals surface area contributed by atoms with Gasteiger partial charge in [0.15, 0.2) is 5.82 Å². The third kappa shape index (κ3) is 5.72. The number of amides is 1. The van der Waals surface area contributed by atoms with Gasteiger partial charge < -0.3 is 10.2 Å². The van der Waals surface area contributed by atoms with E-state index < -0.39 is 0 Å². The number of piperidine rings is 1. The highest BCUT2D eigenvalue weighted by Gasteiger charge is 2.25. The monoisotopic (exact) mass is 463 g/mol. The molecule has 4 aromatic rings. The number of nitrogens with one attached hydrogen (secondary N) is 1. The molecule has 1 fully saturated rings. The van der Waals surface area contributed by atoms with Gasteiger partial charge in [-0.1, -0.05) is 66.7 Å². The first-order valence-electron chi connectivity index (χ1n) is 12.2. The van der Waals surface area contributed by atoms with E-state index in [1.54, 1.807) is 12.4 Å². The molecule has 6 nitrogen and oxygen atoms in total. The van der Waals surface area contributed by atoms with Crippen LogP contribution in [0.3, 0.4) is 0 Å². The zero-order valence-electron chi connectivity index (χ0n) is 19.7. The Bertz CT molecular complexity index is 1240. The molecule has 0 spiro atoms. The summed E-state index contributed by atoms with van der Waals surface area (Å²) in [7, 11) is 0. The highest BCUT2D eigenvalue weighted by molar-refractivity contribution is 5.98. The number of hydrogen-bond donors (Lipinski definition) is 1. The van der Waals surface area contributed by atoms with Crippen LogP contribution in [-0.4, -0.2) is 33.9 Å². The summed E-state index contributed by atoms with van der Waals surface area (Å²) in [4.78, 5) is 29.2. The molecule has 1 aliphatic heterocycles. The number of nitrogens with zero attached hydrogens (tertiary/aromatic N) is 4. The van der Waals surface area contributed by atoms with Gasteiger partial charge in [0.25, 0.3) is 5.91 Å². The number of aromatic nitrogens is 3. The first kappa shape index (κ1) is 22.7. The fourth-order valence-electron chi connectivity index (χ4n) is 4.57. The Morgan fingerprint density at radius 3 is 2.31 bits per heavy atom. The number of benzene rings is 2. The van der Waals surface area contributed by atoms with Crippen molar-refractivity contribution >= 4 is 11.7 Å². The molecule has 0 atom stereocenters. The van der Waals surface area contributed by atoms with E-state index in [1.165, 1.54) is 5.56 Å². The summed E-state index contributed by atoms with van der Waals surface area (Å²) in [6, 6.07) is 26.2. The van der Waals surface area contributed by atoms with Gasteiger partial charge in [-0.15, -0.1) is 0 Å². The van der Waals surface area contributed by atoms with Crippen molar-refractivity contribution in [3.63, 3.8) is 0 Å². The molecule has 0 bridgehead atoms. The standard InChI is InChI=1S/C29H29N5O/c35-29(32-20-25-13-7-8-16-30-25)26-21-31-27(24-11-5-2-6-12-24)33-28(26)34-17-14-23(15-18-34)19-22-9-3-1-4-10-22/h1-13,16,21,23H,14-15,17-20H2,(H,32,35). The van der Waals surface area contributed by atoms with Gasteiger partial charge in [-0.2, -0.15) is 0 Å². The van der Waals surface area contributed by atoms with E-state index in [0.29, 0.717) is 29.7 Å². The molecule has 0 unspecified atom stereocenters. The maximum atomic E-state index is 13.2. The highest BCUT2D eigenvalue weighted by atomic mass is 16.1. The fourth-order valence-corrected chi connectivity index (χ4v) is 4.57. The van der Waals surface area contributed by atoms with Crippen LogP contribution >= 0.6 is 0 Å². The van der Waals surface area contributed by atoms with Crippen LogP contribution in [0, 0.1) is 5.92 Å². The lowest BCUT2D eigenvalue weighted by Crippen LogP contribution is -2.37. The second kappa shape index (κ2) is 10.9. The average molecular weight is 464 g/mol. The van der Waals surface area contributed by atoms with Gasteiger partial charge in [0, 0.05) is 31.0 Å². The normalized spacial score (nSPS) is 14.0. The molecular formula is C29H29N5O. The summed E-state index contributed by atoms with van der Waals surface area (Å²) < 4.78 is 0. The molecule has 2 aromatic carbocycles. The maximum absolute atomic E-state index is 13.2. The van der Waals surface area contributed by atoms with Crippen molar-refractivity contribution in [2.75, 3.05) is 18.0 Å². The van der Waals surface area contributed by atoms with E-state index in [0.717, 1.165) is 43.6 Å². The smallest absolute Gasteiger partial charge is 0.256 e. The molecule has 1 N–H and O–H groups in total. The third-order valence-corrected chi connectivity index (χ3v) is 6.48. The van der Waals surface area contributed by atoms with E-state index in [1.807, 2.05) is 48.5 Å². The van der Waals surface area contributed by atoms with E-state index in [-0.39, 0.29) is 5.91 Å². The summed E-state index contributed by atoms with van der Waals surface area (Å²) in [5.41, 5.74) is 3.63. The predicted molar refractivity (Wildman–Crippen MR) is 138 cm³/mol. The average Bonchev–Trinajstić information content (AvgIpc) is 2.93. The van der Waals surface area contributed by atoms with Gasteiger partial charge in [-0.05, 0) is 42.9 Å². The zero-order valence-corrected chi connectivity index (χ0v) is 19.7. The van der Waals surface area contributed by atoms with Gasteiger partial charge in [0.05, 0.1) is 12.2 Å². The molecule has 3 heterocycles. The molecule has 6 heteroatoms. The van der Waals surface area contributed by atoms with Crippen LogP contribution in [0.15, 0.2) is 91.3 Å². The first-order valence-corrected chi connectivity index (χ1v) is 12.2. The molecule has 1 amide bonds. The summed E-state index contributed by atoms with van der Waals surface area (Å²) in [5.74, 6) is 1.78. The van der Waals surface area contributed by atoms with Gasteiger partial charge >= 0.3 is 0 Å². The maximum Gasteiger partial charge on any atom is 0.256 e. The largest absolute Gasteiger partial charge is 0.356 e. The van der Waals surface area contributed by atoms with Crippen LogP contribution in [0.2, 0.25) is 0 Å². The van der Waals surface area contributed by atoms with E-state index >= 15 is 0 Å². The van der Waals surface area contributed by atoms with Gasteiger partial charge in [-0.3, -0.25) is 9.78 Å². The van der Waals surface area contributed by atoms with Crippen molar-refractivity contribution in [2.45, 2.75) is 25.8 Å². The Balaban J connectivity index is 1.35. The Hall–Kier alpha value is -4.06. The molecular weight excluding hydrogens is 434 g/mol. The van der Waals surface area contributed by atoms with Gasteiger partial charge in [0.2, 0.25) is 0 Å². The second-order valence-electron chi connectivity index (χ2n) is 8.92. The van der Waals surface area contributed by atoms with Crippen molar-refractivity contribution in [1.82, 2.24) is 20.3 Å². The molecule has 5 rings (SSSR count). The molecule has 0 aliphatic carbocycles. The Kier molecular flexibility index (Phi) is 7.08. The Labute approximate surface area is 206 Å². The molecule has 0 radical (unpaired) electrons. The Morgan fingerprint density at radius 2 is 1.60 bits per heavy atom. The quantitative estimate of drug-likeness (QED) is 0.421. The van der Waals surface area contributed by atoms with Gasteiger partial charge in [-0.25, -0.2) is 9.97 Å². The van der Waals surface area contributed by atoms with Crippen LogP contribution in [0.4, 0.5) is 5.82 Å². The topological polar surface area (TPSA) is 71.0 Å². The molecule has 1 aliphatic rings. The van der Waals surface area contributed by atoms with Crippen molar-refractivity contribution < 1.29 is 4.79 Å². The van der Waals surface area contributed by atoms with Crippen LogP contribution in [0.1, 0.15) is 34.5 Å². The van der Waals surface area contributed by atoms with Crippen LogP contribution in [0.5, 0.6) is 0 Å². The number of carbonyl (C=O) groups is 1. The van der Waals surface area contributed by atoms with Gasteiger partial charge in [0.1, 0.15) is 11.4 Å².